The van der Waals surface area contributed by atoms with Gasteiger partial charge in [0.05, 0.1) is 5.56 Å². The zero-order chi connectivity index (χ0) is 21.1. The molecule has 0 spiro atoms. The second-order valence-electron chi connectivity index (χ2n) is 7.40. The van der Waals surface area contributed by atoms with Crippen molar-refractivity contribution in [3.63, 3.8) is 0 Å². The number of hydrogen-bond acceptors (Lipinski definition) is 1. The van der Waals surface area contributed by atoms with E-state index in [1.165, 1.54) is 12.1 Å². The van der Waals surface area contributed by atoms with Gasteiger partial charge in [0.1, 0.15) is 5.82 Å². The second-order valence-corrected chi connectivity index (χ2v) is 7.40. The summed E-state index contributed by atoms with van der Waals surface area (Å²) in [6, 6.07) is 4.10. The molecule has 1 N–H and O–H groups in total. The molecule has 0 atom stereocenters. The lowest BCUT2D eigenvalue weighted by atomic mass is 9.76. The van der Waals surface area contributed by atoms with Crippen molar-refractivity contribution in [1.82, 2.24) is 0 Å². The summed E-state index contributed by atoms with van der Waals surface area (Å²) in [6.45, 7) is 2.06. The largest absolute Gasteiger partial charge is 0.478 e. The Morgan fingerprint density at radius 3 is 2.21 bits per heavy atom. The summed E-state index contributed by atoms with van der Waals surface area (Å²) in [5, 5.41) is 9.25. The maximum atomic E-state index is 15.1. The number of halogens is 4. The molecular formula is C23H22F4O2. The van der Waals surface area contributed by atoms with Gasteiger partial charge in [-0.15, -0.1) is 0 Å². The van der Waals surface area contributed by atoms with E-state index in [1.807, 2.05) is 0 Å². The average Bonchev–Trinajstić information content (AvgIpc) is 2.70. The van der Waals surface area contributed by atoms with E-state index < -0.39 is 34.8 Å². The summed E-state index contributed by atoms with van der Waals surface area (Å²) in [7, 11) is 0. The first-order valence-electron chi connectivity index (χ1n) is 9.70. The van der Waals surface area contributed by atoms with Crippen LogP contribution in [-0.4, -0.2) is 11.1 Å². The minimum Gasteiger partial charge on any atom is -0.478 e. The van der Waals surface area contributed by atoms with Crippen LogP contribution in [0.2, 0.25) is 0 Å². The van der Waals surface area contributed by atoms with Crippen LogP contribution in [0.15, 0.2) is 36.4 Å². The highest BCUT2D eigenvalue weighted by Crippen LogP contribution is 2.42. The van der Waals surface area contributed by atoms with Crippen molar-refractivity contribution in [1.29, 1.82) is 0 Å². The number of rotatable bonds is 5. The number of hydrogen-bond donors (Lipinski definition) is 1. The van der Waals surface area contributed by atoms with Gasteiger partial charge >= 0.3 is 5.97 Å². The van der Waals surface area contributed by atoms with Crippen LogP contribution in [0.1, 0.15) is 60.9 Å². The van der Waals surface area contributed by atoms with Gasteiger partial charge in [-0.3, -0.25) is 0 Å². The molecule has 6 heteroatoms. The second kappa shape index (κ2) is 8.80. The van der Waals surface area contributed by atoms with Crippen LogP contribution < -0.4 is 0 Å². The fraction of sp³-hybridized carbons (Fsp3) is 0.348. The molecule has 0 bridgehead atoms. The molecule has 1 aliphatic carbocycles. The summed E-state index contributed by atoms with van der Waals surface area (Å²) in [4.78, 5) is 11.4. The van der Waals surface area contributed by atoms with Crippen LogP contribution in [-0.2, 0) is 0 Å². The molecule has 0 heterocycles. The Morgan fingerprint density at radius 2 is 1.66 bits per heavy atom. The maximum absolute atomic E-state index is 15.1. The van der Waals surface area contributed by atoms with Crippen molar-refractivity contribution < 1.29 is 27.5 Å². The number of allylic oxidation sites excluding steroid dienone is 2. The molecule has 2 nitrogen and oxygen atoms in total. The van der Waals surface area contributed by atoms with E-state index in [0.717, 1.165) is 32.1 Å². The molecule has 2 aromatic rings. The van der Waals surface area contributed by atoms with Crippen molar-refractivity contribution in [2.75, 3.05) is 0 Å². The maximum Gasteiger partial charge on any atom is 0.338 e. The molecule has 1 saturated carbocycles. The molecule has 0 aliphatic heterocycles. The van der Waals surface area contributed by atoms with Gasteiger partial charge in [-0.05, 0) is 73.3 Å². The van der Waals surface area contributed by atoms with Crippen molar-refractivity contribution >= 4 is 5.97 Å². The molecule has 0 saturated heterocycles. The van der Waals surface area contributed by atoms with Crippen molar-refractivity contribution in [3.05, 3.63) is 70.8 Å². The van der Waals surface area contributed by atoms with Gasteiger partial charge < -0.3 is 5.11 Å². The van der Waals surface area contributed by atoms with Crippen LogP contribution in [0.3, 0.4) is 0 Å². The molecule has 0 amide bonds. The van der Waals surface area contributed by atoms with E-state index in [0.29, 0.717) is 23.6 Å². The van der Waals surface area contributed by atoms with E-state index in [1.54, 1.807) is 0 Å². The number of carbonyl (C=O) groups is 1. The normalized spacial score (nSPS) is 19.6. The first kappa shape index (κ1) is 21.1. The van der Waals surface area contributed by atoms with Gasteiger partial charge in [-0.2, -0.15) is 0 Å². The van der Waals surface area contributed by atoms with Crippen molar-refractivity contribution in [3.8, 4) is 11.1 Å². The minimum absolute atomic E-state index is 0.0789. The first-order valence-corrected chi connectivity index (χ1v) is 9.70. The summed E-state index contributed by atoms with van der Waals surface area (Å²) < 4.78 is 56.1. The molecular weight excluding hydrogens is 384 g/mol. The predicted molar refractivity (Wildman–Crippen MR) is 103 cm³/mol. The predicted octanol–water partition coefficient (Wildman–Crippen LogP) is 6.85. The zero-order valence-corrected chi connectivity index (χ0v) is 16.0. The smallest absolute Gasteiger partial charge is 0.338 e. The Bertz CT molecular complexity index is 921. The molecule has 0 aromatic heterocycles. The Balaban J connectivity index is 2.06. The summed E-state index contributed by atoms with van der Waals surface area (Å²) in [5.41, 5.74) is -0.468. The van der Waals surface area contributed by atoms with Gasteiger partial charge in [-0.1, -0.05) is 25.1 Å². The zero-order valence-electron chi connectivity index (χ0n) is 16.0. The number of aromatic carboxylic acids is 1. The van der Waals surface area contributed by atoms with E-state index in [9.17, 15) is 23.1 Å². The van der Waals surface area contributed by atoms with Crippen LogP contribution in [0.4, 0.5) is 17.6 Å². The Hall–Kier alpha value is -2.63. The van der Waals surface area contributed by atoms with Gasteiger partial charge in [0.2, 0.25) is 0 Å². The average molecular weight is 406 g/mol. The fourth-order valence-corrected chi connectivity index (χ4v) is 4.04. The molecule has 29 heavy (non-hydrogen) atoms. The van der Waals surface area contributed by atoms with Gasteiger partial charge in [-0.25, -0.2) is 22.4 Å². The van der Waals surface area contributed by atoms with Gasteiger partial charge in [0.25, 0.3) is 0 Å². The molecule has 3 rings (SSSR count). The summed E-state index contributed by atoms with van der Waals surface area (Å²) in [5.74, 6) is -6.73. The molecule has 0 unspecified atom stereocenters. The van der Waals surface area contributed by atoms with E-state index in [-0.39, 0.29) is 17.0 Å². The van der Waals surface area contributed by atoms with Gasteiger partial charge in [0.15, 0.2) is 17.5 Å². The molecule has 0 radical (unpaired) electrons. The first-order chi connectivity index (χ1) is 13.8. The highest BCUT2D eigenvalue weighted by molar-refractivity contribution is 5.90. The topological polar surface area (TPSA) is 37.3 Å². The van der Waals surface area contributed by atoms with Gasteiger partial charge in [0, 0.05) is 5.56 Å². The Morgan fingerprint density at radius 1 is 1.03 bits per heavy atom. The standard InChI is InChI=1S/C23H22F4O2/c1-2-3-4-13-5-7-14(8-6-13)16-9-10-17(23(28)29)21(26)20(16)15-11-18(24)22(27)19(25)12-15/h3-4,9-14H,2,5-8H2,1H3,(H,28,29)/b4-3+. The van der Waals surface area contributed by atoms with E-state index in [2.05, 4.69) is 19.1 Å². The quantitative estimate of drug-likeness (QED) is 0.335. The highest BCUT2D eigenvalue weighted by Gasteiger charge is 2.28. The van der Waals surface area contributed by atoms with E-state index in [4.69, 9.17) is 0 Å². The fourth-order valence-electron chi connectivity index (χ4n) is 4.04. The molecule has 1 fully saturated rings. The third-order valence-corrected chi connectivity index (χ3v) is 5.53. The van der Waals surface area contributed by atoms with Crippen molar-refractivity contribution in [2.24, 2.45) is 5.92 Å². The minimum atomic E-state index is -1.65. The lowest BCUT2D eigenvalue weighted by Crippen LogP contribution is -2.14. The van der Waals surface area contributed by atoms with Crippen LogP contribution >= 0.6 is 0 Å². The lowest BCUT2D eigenvalue weighted by Gasteiger charge is -2.29. The van der Waals surface area contributed by atoms with Crippen LogP contribution in [0, 0.1) is 29.2 Å². The van der Waals surface area contributed by atoms with Crippen LogP contribution in [0.5, 0.6) is 0 Å². The highest BCUT2D eigenvalue weighted by atomic mass is 19.2. The Kier molecular flexibility index (Phi) is 6.40. The number of benzene rings is 2. The van der Waals surface area contributed by atoms with E-state index >= 15 is 4.39 Å². The lowest BCUT2D eigenvalue weighted by molar-refractivity contribution is 0.0692. The SMILES string of the molecule is CC/C=C/C1CCC(c2ccc(C(=O)O)c(F)c2-c2cc(F)c(F)c(F)c2)CC1. The summed E-state index contributed by atoms with van der Waals surface area (Å²) in [6.07, 6.45) is 8.49. The monoisotopic (exact) mass is 406 g/mol. The third-order valence-electron chi connectivity index (χ3n) is 5.53. The third kappa shape index (κ3) is 4.36. The molecule has 2 aromatic carbocycles. The van der Waals surface area contributed by atoms with Crippen LogP contribution in [0.25, 0.3) is 11.1 Å². The molecule has 1 aliphatic rings. The number of carboxylic acids is 1. The van der Waals surface area contributed by atoms with Crippen molar-refractivity contribution in [2.45, 2.75) is 44.9 Å². The molecule has 154 valence electrons. The summed E-state index contributed by atoms with van der Waals surface area (Å²) >= 11 is 0. The number of carboxylic acid groups (broad SMARTS) is 1. The Labute approximate surface area is 166 Å².